The van der Waals surface area contributed by atoms with E-state index in [4.69, 9.17) is 10.5 Å². The fourth-order valence-corrected chi connectivity index (χ4v) is 1.78. The van der Waals surface area contributed by atoms with Gasteiger partial charge in [-0.3, -0.25) is 4.99 Å². The molecule has 0 spiro atoms. The summed E-state index contributed by atoms with van der Waals surface area (Å²) >= 11 is 0. The second-order valence-electron chi connectivity index (χ2n) is 3.64. The van der Waals surface area contributed by atoms with Gasteiger partial charge in [-0.2, -0.15) is 0 Å². The molecule has 1 rings (SSSR count). The Morgan fingerprint density at radius 2 is 2.57 bits per heavy atom. The van der Waals surface area contributed by atoms with Crippen LogP contribution in [0.25, 0.3) is 0 Å². The van der Waals surface area contributed by atoms with Crippen LogP contribution in [0.4, 0.5) is 0 Å². The van der Waals surface area contributed by atoms with Crippen molar-refractivity contribution in [1.82, 2.24) is 4.90 Å². The zero-order valence-corrected chi connectivity index (χ0v) is 8.94. The maximum absolute atomic E-state index is 5.78. The Balaban J connectivity index is 2.57. The lowest BCUT2D eigenvalue weighted by Gasteiger charge is -2.29. The van der Waals surface area contributed by atoms with Gasteiger partial charge in [0, 0.05) is 19.6 Å². The predicted molar refractivity (Wildman–Crippen MR) is 58.2 cm³/mol. The Kier molecular flexibility index (Phi) is 3.95. The first kappa shape index (κ1) is 11.0. The smallest absolute Gasteiger partial charge is 0.191 e. The largest absolute Gasteiger partial charge is 0.384 e. The third kappa shape index (κ3) is 2.26. The van der Waals surface area contributed by atoms with Gasteiger partial charge in [0.15, 0.2) is 5.96 Å². The van der Waals surface area contributed by atoms with Gasteiger partial charge in [-0.25, -0.2) is 0 Å². The molecule has 2 unspecified atom stereocenters. The molecular formula is C10H19N3O. The van der Waals surface area contributed by atoms with E-state index in [9.17, 15) is 0 Å². The molecule has 0 bridgehead atoms. The average Bonchev–Trinajstić information content (AvgIpc) is 2.50. The normalized spacial score (nSPS) is 23.4. The number of methoxy groups -OCH3 is 1. The van der Waals surface area contributed by atoms with Crippen molar-refractivity contribution in [2.75, 3.05) is 26.8 Å². The standard InChI is InChI=1S/C10H19N3O/c1-4-5-13-9(6-12-10(13)11)8(2)7-14-3/h4,8-9H,1,5-7H2,2-3H3,(H2,11,12). The topological polar surface area (TPSA) is 50.8 Å². The van der Waals surface area contributed by atoms with E-state index in [-0.39, 0.29) is 0 Å². The lowest BCUT2D eigenvalue weighted by atomic mass is 10.0. The van der Waals surface area contributed by atoms with Gasteiger partial charge in [-0.1, -0.05) is 13.0 Å². The van der Waals surface area contributed by atoms with E-state index in [0.717, 1.165) is 19.7 Å². The molecule has 1 aliphatic rings. The quantitative estimate of drug-likeness (QED) is 0.651. The van der Waals surface area contributed by atoms with E-state index in [1.54, 1.807) is 7.11 Å². The molecule has 1 aliphatic heterocycles. The first-order valence-corrected chi connectivity index (χ1v) is 4.87. The number of guanidine groups is 1. The Bertz CT molecular complexity index is 227. The van der Waals surface area contributed by atoms with E-state index in [0.29, 0.717) is 17.9 Å². The van der Waals surface area contributed by atoms with Crippen LogP contribution in [-0.4, -0.2) is 43.7 Å². The van der Waals surface area contributed by atoms with Crippen molar-refractivity contribution in [1.29, 1.82) is 0 Å². The van der Waals surface area contributed by atoms with Crippen LogP contribution in [0.15, 0.2) is 17.6 Å². The lowest BCUT2D eigenvalue weighted by Crippen LogP contribution is -2.44. The van der Waals surface area contributed by atoms with Gasteiger partial charge in [0.2, 0.25) is 0 Å². The van der Waals surface area contributed by atoms with Crippen LogP contribution >= 0.6 is 0 Å². The fraction of sp³-hybridized carbons (Fsp3) is 0.700. The summed E-state index contributed by atoms with van der Waals surface area (Å²) in [6.07, 6.45) is 1.85. The number of ether oxygens (including phenoxy) is 1. The van der Waals surface area contributed by atoms with E-state index < -0.39 is 0 Å². The van der Waals surface area contributed by atoms with Gasteiger partial charge >= 0.3 is 0 Å². The summed E-state index contributed by atoms with van der Waals surface area (Å²) in [7, 11) is 1.72. The molecule has 2 atom stereocenters. The molecule has 2 N–H and O–H groups in total. The summed E-state index contributed by atoms with van der Waals surface area (Å²) in [4.78, 5) is 6.32. The second-order valence-corrected chi connectivity index (χ2v) is 3.64. The Hall–Kier alpha value is -1.03. The third-order valence-electron chi connectivity index (χ3n) is 2.55. The van der Waals surface area contributed by atoms with Crippen molar-refractivity contribution in [2.45, 2.75) is 13.0 Å². The monoisotopic (exact) mass is 197 g/mol. The van der Waals surface area contributed by atoms with Crippen LogP contribution in [0.5, 0.6) is 0 Å². The van der Waals surface area contributed by atoms with Gasteiger partial charge in [-0.15, -0.1) is 6.58 Å². The molecule has 0 saturated heterocycles. The Labute approximate surface area is 85.4 Å². The van der Waals surface area contributed by atoms with Crippen molar-refractivity contribution < 1.29 is 4.74 Å². The van der Waals surface area contributed by atoms with Crippen LogP contribution < -0.4 is 5.73 Å². The van der Waals surface area contributed by atoms with Crippen LogP contribution in [0.3, 0.4) is 0 Å². The second kappa shape index (κ2) is 5.00. The molecule has 0 fully saturated rings. The van der Waals surface area contributed by atoms with E-state index in [1.165, 1.54) is 0 Å². The highest BCUT2D eigenvalue weighted by Gasteiger charge is 2.29. The van der Waals surface area contributed by atoms with E-state index in [2.05, 4.69) is 23.4 Å². The molecule has 0 aromatic carbocycles. The zero-order valence-electron chi connectivity index (χ0n) is 8.94. The van der Waals surface area contributed by atoms with Crippen molar-refractivity contribution in [3.63, 3.8) is 0 Å². The maximum Gasteiger partial charge on any atom is 0.191 e. The minimum Gasteiger partial charge on any atom is -0.384 e. The third-order valence-corrected chi connectivity index (χ3v) is 2.55. The van der Waals surface area contributed by atoms with E-state index in [1.807, 2.05) is 6.08 Å². The van der Waals surface area contributed by atoms with Crippen molar-refractivity contribution in [2.24, 2.45) is 16.6 Å². The fourth-order valence-electron chi connectivity index (χ4n) is 1.78. The summed E-state index contributed by atoms with van der Waals surface area (Å²) in [6, 6.07) is 0.355. The molecule has 0 saturated carbocycles. The summed E-state index contributed by atoms with van der Waals surface area (Å²) in [5.41, 5.74) is 5.78. The predicted octanol–water partition coefficient (Wildman–Crippen LogP) is 0.454. The Morgan fingerprint density at radius 1 is 1.86 bits per heavy atom. The van der Waals surface area contributed by atoms with Crippen LogP contribution in [0.1, 0.15) is 6.92 Å². The number of nitrogens with zero attached hydrogens (tertiary/aromatic N) is 2. The lowest BCUT2D eigenvalue weighted by molar-refractivity contribution is 0.123. The van der Waals surface area contributed by atoms with Crippen molar-refractivity contribution >= 4 is 5.96 Å². The highest BCUT2D eigenvalue weighted by molar-refractivity contribution is 5.80. The molecule has 0 aromatic rings. The highest BCUT2D eigenvalue weighted by Crippen LogP contribution is 2.17. The van der Waals surface area contributed by atoms with Crippen molar-refractivity contribution in [3.05, 3.63) is 12.7 Å². The molecule has 4 heteroatoms. The summed E-state index contributed by atoms with van der Waals surface area (Å²) in [5.74, 6) is 1.06. The molecule has 0 aliphatic carbocycles. The van der Waals surface area contributed by atoms with Gasteiger partial charge in [-0.05, 0) is 0 Å². The Morgan fingerprint density at radius 3 is 3.14 bits per heavy atom. The summed E-state index contributed by atoms with van der Waals surface area (Å²) < 4.78 is 5.13. The van der Waals surface area contributed by atoms with Gasteiger partial charge in [0.25, 0.3) is 0 Å². The van der Waals surface area contributed by atoms with Crippen molar-refractivity contribution in [3.8, 4) is 0 Å². The number of hydrogen-bond acceptors (Lipinski definition) is 4. The van der Waals surface area contributed by atoms with Gasteiger partial charge in [0.1, 0.15) is 0 Å². The molecule has 0 amide bonds. The van der Waals surface area contributed by atoms with Gasteiger partial charge < -0.3 is 15.4 Å². The summed E-state index contributed by atoms with van der Waals surface area (Å²) in [6.45, 7) is 8.13. The molecule has 1 heterocycles. The molecular weight excluding hydrogens is 178 g/mol. The van der Waals surface area contributed by atoms with Crippen LogP contribution in [0, 0.1) is 5.92 Å². The van der Waals surface area contributed by atoms with E-state index >= 15 is 0 Å². The molecule has 4 nitrogen and oxygen atoms in total. The highest BCUT2D eigenvalue weighted by atomic mass is 16.5. The summed E-state index contributed by atoms with van der Waals surface area (Å²) in [5, 5.41) is 0. The molecule has 0 radical (unpaired) electrons. The minimum absolute atomic E-state index is 0.355. The molecule has 0 aromatic heterocycles. The SMILES string of the molecule is C=CCN1C(N)=NCC1C(C)COC. The first-order chi connectivity index (χ1) is 6.70. The number of nitrogens with two attached hydrogens (primary N) is 1. The van der Waals surface area contributed by atoms with Crippen LogP contribution in [0.2, 0.25) is 0 Å². The minimum atomic E-state index is 0.355. The number of rotatable bonds is 5. The molecule has 14 heavy (non-hydrogen) atoms. The maximum atomic E-state index is 5.78. The van der Waals surface area contributed by atoms with Crippen LogP contribution in [-0.2, 0) is 4.74 Å². The number of hydrogen-bond donors (Lipinski definition) is 1. The van der Waals surface area contributed by atoms with Gasteiger partial charge in [0.05, 0.1) is 19.2 Å². The average molecular weight is 197 g/mol. The number of aliphatic imine (C=N–C) groups is 1. The molecule has 80 valence electrons. The first-order valence-electron chi connectivity index (χ1n) is 4.87. The zero-order chi connectivity index (χ0) is 10.6.